The summed E-state index contributed by atoms with van der Waals surface area (Å²) >= 11 is 0. The van der Waals surface area contributed by atoms with E-state index in [-0.39, 0.29) is 6.10 Å². The first kappa shape index (κ1) is 19.2. The predicted molar refractivity (Wildman–Crippen MR) is 98.8 cm³/mol. The Morgan fingerprint density at radius 2 is 2.09 bits per heavy atom. The molecule has 4 heteroatoms. The fourth-order valence-corrected chi connectivity index (χ4v) is 2.32. The molecule has 1 unspecified atom stereocenters. The summed E-state index contributed by atoms with van der Waals surface area (Å²) in [7, 11) is 3.88. The first-order chi connectivity index (χ1) is 11.2. The van der Waals surface area contributed by atoms with Crippen LogP contribution in [0.5, 0.6) is 0 Å². The minimum atomic E-state index is 0.136. The Hall–Kier alpha value is -1.81. The smallest absolute Gasteiger partial charge is 0.193 e. The summed E-state index contributed by atoms with van der Waals surface area (Å²) in [6, 6.07) is 10.3. The van der Waals surface area contributed by atoms with Gasteiger partial charge in [0.2, 0.25) is 0 Å². The highest BCUT2D eigenvalue weighted by Gasteiger charge is 2.06. The zero-order chi connectivity index (χ0) is 16.9. The number of allylic oxidation sites excluding steroid dienone is 1. The van der Waals surface area contributed by atoms with Gasteiger partial charge in [-0.25, -0.2) is 0 Å². The highest BCUT2D eigenvalue weighted by molar-refractivity contribution is 5.79. The van der Waals surface area contributed by atoms with E-state index in [9.17, 15) is 0 Å². The molecule has 1 aromatic rings. The lowest BCUT2D eigenvalue weighted by molar-refractivity contribution is 0.0645. The van der Waals surface area contributed by atoms with Crippen molar-refractivity contribution in [3.8, 4) is 0 Å². The van der Waals surface area contributed by atoms with Gasteiger partial charge in [-0.05, 0) is 31.7 Å². The number of nitrogens with zero attached hydrogens (tertiary/aromatic N) is 2. The molecule has 0 saturated heterocycles. The maximum atomic E-state index is 5.88. The monoisotopic (exact) mass is 317 g/mol. The second-order valence-electron chi connectivity index (χ2n) is 5.60. The first-order valence-electron chi connectivity index (χ1n) is 8.38. The van der Waals surface area contributed by atoms with Crippen LogP contribution in [0.25, 0.3) is 0 Å². The van der Waals surface area contributed by atoms with Crippen molar-refractivity contribution in [1.29, 1.82) is 0 Å². The maximum absolute atomic E-state index is 5.88. The van der Waals surface area contributed by atoms with Crippen LogP contribution in [0.1, 0.15) is 37.9 Å². The molecule has 1 N–H and O–H groups in total. The minimum absolute atomic E-state index is 0.136. The Kier molecular flexibility index (Phi) is 9.80. The third-order valence-electron chi connectivity index (χ3n) is 3.72. The number of unbranched alkanes of at least 4 members (excludes halogenated alkanes) is 1. The van der Waals surface area contributed by atoms with Gasteiger partial charge in [-0.2, -0.15) is 0 Å². The third-order valence-corrected chi connectivity index (χ3v) is 3.72. The third kappa shape index (κ3) is 7.84. The van der Waals surface area contributed by atoms with Crippen molar-refractivity contribution in [2.75, 3.05) is 33.8 Å². The van der Waals surface area contributed by atoms with Crippen molar-refractivity contribution in [2.45, 2.75) is 32.3 Å². The van der Waals surface area contributed by atoms with E-state index in [1.807, 2.05) is 31.3 Å². The summed E-state index contributed by atoms with van der Waals surface area (Å²) in [6.07, 6.45) is 5.17. The van der Waals surface area contributed by atoms with Crippen LogP contribution >= 0.6 is 0 Å². The van der Waals surface area contributed by atoms with E-state index in [0.717, 1.165) is 44.9 Å². The van der Waals surface area contributed by atoms with Gasteiger partial charge in [-0.3, -0.25) is 4.99 Å². The van der Waals surface area contributed by atoms with Crippen molar-refractivity contribution in [3.63, 3.8) is 0 Å². The maximum Gasteiger partial charge on any atom is 0.193 e. The molecule has 1 rings (SSSR count). The number of nitrogens with one attached hydrogen (secondary N) is 1. The molecule has 0 aliphatic rings. The zero-order valence-electron chi connectivity index (χ0n) is 14.8. The molecule has 0 bridgehead atoms. The van der Waals surface area contributed by atoms with Gasteiger partial charge in [-0.15, -0.1) is 6.58 Å². The number of rotatable bonds is 10. The zero-order valence-corrected chi connectivity index (χ0v) is 14.8. The van der Waals surface area contributed by atoms with E-state index in [1.165, 1.54) is 5.56 Å². The summed E-state index contributed by atoms with van der Waals surface area (Å²) in [5, 5.41) is 3.38. The van der Waals surface area contributed by atoms with Crippen molar-refractivity contribution < 1.29 is 4.74 Å². The first-order valence-corrected chi connectivity index (χ1v) is 8.38. The molecule has 0 fully saturated rings. The van der Waals surface area contributed by atoms with Gasteiger partial charge in [0, 0.05) is 33.8 Å². The number of hydrogen-bond acceptors (Lipinski definition) is 2. The largest absolute Gasteiger partial charge is 0.374 e. The van der Waals surface area contributed by atoms with Crippen LogP contribution in [-0.2, 0) is 4.74 Å². The number of hydrogen-bond donors (Lipinski definition) is 1. The molecule has 23 heavy (non-hydrogen) atoms. The van der Waals surface area contributed by atoms with E-state index in [2.05, 4.69) is 47.9 Å². The Morgan fingerprint density at radius 3 is 2.74 bits per heavy atom. The van der Waals surface area contributed by atoms with Crippen molar-refractivity contribution in [2.24, 2.45) is 4.99 Å². The number of ether oxygens (including phenoxy) is 1. The Bertz CT molecular complexity index is 459. The van der Waals surface area contributed by atoms with Gasteiger partial charge in [0.05, 0.1) is 6.10 Å². The van der Waals surface area contributed by atoms with Crippen molar-refractivity contribution >= 4 is 5.96 Å². The van der Waals surface area contributed by atoms with Crippen LogP contribution in [0.3, 0.4) is 0 Å². The summed E-state index contributed by atoms with van der Waals surface area (Å²) in [5.41, 5.74) is 1.22. The van der Waals surface area contributed by atoms with E-state index >= 15 is 0 Å². The molecule has 0 aromatic heterocycles. The summed E-state index contributed by atoms with van der Waals surface area (Å²) in [4.78, 5) is 6.46. The molecule has 0 saturated carbocycles. The van der Waals surface area contributed by atoms with Gasteiger partial charge < -0.3 is 15.0 Å². The Labute approximate surface area is 141 Å². The normalized spacial score (nSPS) is 12.7. The minimum Gasteiger partial charge on any atom is -0.374 e. The topological polar surface area (TPSA) is 36.9 Å². The fraction of sp³-hybridized carbons (Fsp3) is 0.526. The SMILES string of the molecule is C=CCCCN(C)C(=NC)NCCCOC(C)c1ccccc1. The van der Waals surface area contributed by atoms with Crippen molar-refractivity contribution in [3.05, 3.63) is 48.6 Å². The second kappa shape index (κ2) is 11.7. The van der Waals surface area contributed by atoms with Gasteiger partial charge in [0.1, 0.15) is 0 Å². The van der Waals surface area contributed by atoms with Crippen molar-refractivity contribution in [1.82, 2.24) is 10.2 Å². The second-order valence-corrected chi connectivity index (χ2v) is 5.60. The molecule has 4 nitrogen and oxygen atoms in total. The quantitative estimate of drug-likeness (QED) is 0.310. The summed E-state index contributed by atoms with van der Waals surface area (Å²) < 4.78 is 5.88. The van der Waals surface area contributed by atoms with Crippen LogP contribution in [-0.4, -0.2) is 44.7 Å². The lowest BCUT2D eigenvalue weighted by Gasteiger charge is -2.22. The van der Waals surface area contributed by atoms with Gasteiger partial charge >= 0.3 is 0 Å². The van der Waals surface area contributed by atoms with Crippen LogP contribution in [0, 0.1) is 0 Å². The van der Waals surface area contributed by atoms with E-state index < -0.39 is 0 Å². The molecular weight excluding hydrogens is 286 g/mol. The van der Waals surface area contributed by atoms with Crippen LogP contribution < -0.4 is 5.32 Å². The average Bonchev–Trinajstić information content (AvgIpc) is 2.58. The standard InChI is InChI=1S/C19H31N3O/c1-5-6-10-15-22(4)19(20-3)21-14-11-16-23-17(2)18-12-8-7-9-13-18/h5,7-9,12-13,17H,1,6,10-11,14-16H2,2-4H3,(H,20,21). The lowest BCUT2D eigenvalue weighted by Crippen LogP contribution is -2.40. The Balaban J connectivity index is 2.18. The highest BCUT2D eigenvalue weighted by Crippen LogP contribution is 2.15. The molecule has 0 aliphatic heterocycles. The highest BCUT2D eigenvalue weighted by atomic mass is 16.5. The molecule has 1 atom stereocenters. The van der Waals surface area contributed by atoms with E-state index in [4.69, 9.17) is 4.74 Å². The molecule has 0 aliphatic carbocycles. The fourth-order valence-electron chi connectivity index (χ4n) is 2.32. The molecule has 0 heterocycles. The van der Waals surface area contributed by atoms with Gasteiger partial charge in [0.25, 0.3) is 0 Å². The molecular formula is C19H31N3O. The van der Waals surface area contributed by atoms with Crippen LogP contribution in [0.15, 0.2) is 48.0 Å². The van der Waals surface area contributed by atoms with E-state index in [1.54, 1.807) is 0 Å². The number of benzene rings is 1. The molecule has 0 spiro atoms. The molecule has 0 radical (unpaired) electrons. The molecule has 1 aromatic carbocycles. The van der Waals surface area contributed by atoms with Gasteiger partial charge in [0.15, 0.2) is 5.96 Å². The number of aliphatic imine (C=N–C) groups is 1. The number of guanidine groups is 1. The summed E-state index contributed by atoms with van der Waals surface area (Å²) in [6.45, 7) is 8.42. The van der Waals surface area contributed by atoms with Gasteiger partial charge in [-0.1, -0.05) is 36.4 Å². The van der Waals surface area contributed by atoms with Crippen LogP contribution in [0.4, 0.5) is 0 Å². The van der Waals surface area contributed by atoms with E-state index in [0.29, 0.717) is 0 Å². The Morgan fingerprint density at radius 1 is 1.35 bits per heavy atom. The molecule has 0 amide bonds. The predicted octanol–water partition coefficient (Wildman–Crippen LogP) is 3.63. The molecule has 128 valence electrons. The lowest BCUT2D eigenvalue weighted by atomic mass is 10.1. The van der Waals surface area contributed by atoms with Crippen LogP contribution in [0.2, 0.25) is 0 Å². The average molecular weight is 317 g/mol. The summed E-state index contributed by atoms with van der Waals surface area (Å²) in [5.74, 6) is 0.935.